The van der Waals surface area contributed by atoms with Crippen LogP contribution in [0.1, 0.15) is 46.4 Å². The van der Waals surface area contributed by atoms with E-state index in [4.69, 9.17) is 5.11 Å². The van der Waals surface area contributed by atoms with Gasteiger partial charge >= 0.3 is 5.97 Å². The average molecular weight is 442 g/mol. The first kappa shape index (κ1) is 21.5. The van der Waals surface area contributed by atoms with Gasteiger partial charge in [0.1, 0.15) is 6.04 Å². The van der Waals surface area contributed by atoms with E-state index < -0.39 is 41.6 Å². The third-order valence-electron chi connectivity index (χ3n) is 6.08. The highest BCUT2D eigenvalue weighted by Gasteiger charge is 2.44. The fourth-order valence-corrected chi connectivity index (χ4v) is 4.25. The van der Waals surface area contributed by atoms with Crippen LogP contribution in [-0.2, 0) is 19.2 Å². The zero-order valence-electron chi connectivity index (χ0n) is 17.1. The zero-order valence-corrected chi connectivity index (χ0v) is 17.1. The first-order valence-corrected chi connectivity index (χ1v) is 10.4. The maximum atomic E-state index is 12.8. The molecule has 3 N–H and O–H groups in total. The molecule has 11 heteroatoms. The molecule has 2 saturated heterocycles. The van der Waals surface area contributed by atoms with Crippen molar-refractivity contribution in [2.75, 3.05) is 25.0 Å². The van der Waals surface area contributed by atoms with E-state index in [1.807, 2.05) is 0 Å². The number of hydrogen-bond donors (Lipinski definition) is 3. The minimum atomic E-state index is -1.04. The van der Waals surface area contributed by atoms with Gasteiger partial charge in [-0.05, 0) is 37.5 Å². The molecule has 0 aliphatic carbocycles. The minimum Gasteiger partial charge on any atom is -0.481 e. The van der Waals surface area contributed by atoms with Crippen molar-refractivity contribution in [3.05, 3.63) is 29.3 Å². The van der Waals surface area contributed by atoms with Crippen molar-refractivity contribution in [2.24, 2.45) is 5.92 Å². The van der Waals surface area contributed by atoms with E-state index in [0.717, 1.165) is 4.90 Å². The van der Waals surface area contributed by atoms with Gasteiger partial charge in [0.2, 0.25) is 17.7 Å². The summed E-state index contributed by atoms with van der Waals surface area (Å²) in [6.07, 6.45) is 0.941. The first-order chi connectivity index (χ1) is 15.3. The molecular formula is C21H22N4O7. The first-order valence-electron chi connectivity index (χ1n) is 10.4. The lowest BCUT2D eigenvalue weighted by atomic mass is 9.97. The smallest absolute Gasteiger partial charge is 0.306 e. The molecule has 1 atom stereocenters. The van der Waals surface area contributed by atoms with Crippen LogP contribution in [0.2, 0.25) is 0 Å². The summed E-state index contributed by atoms with van der Waals surface area (Å²) in [5, 5.41) is 14.1. The Morgan fingerprint density at radius 3 is 2.38 bits per heavy atom. The number of fused-ring (bicyclic) bond motifs is 1. The molecule has 5 amide bonds. The largest absolute Gasteiger partial charge is 0.481 e. The van der Waals surface area contributed by atoms with E-state index in [1.54, 1.807) is 11.0 Å². The molecule has 3 aliphatic rings. The molecule has 3 heterocycles. The van der Waals surface area contributed by atoms with Gasteiger partial charge in [-0.15, -0.1) is 0 Å². The number of rotatable bonds is 5. The van der Waals surface area contributed by atoms with Gasteiger partial charge in [-0.25, -0.2) is 0 Å². The number of aliphatic carboxylic acids is 1. The van der Waals surface area contributed by atoms with Crippen molar-refractivity contribution in [3.63, 3.8) is 0 Å². The summed E-state index contributed by atoms with van der Waals surface area (Å²) in [4.78, 5) is 75.0. The Labute approximate surface area is 182 Å². The lowest BCUT2D eigenvalue weighted by Gasteiger charge is -2.30. The molecule has 32 heavy (non-hydrogen) atoms. The van der Waals surface area contributed by atoms with Crippen LogP contribution < -0.4 is 10.6 Å². The van der Waals surface area contributed by atoms with Gasteiger partial charge in [0, 0.05) is 25.2 Å². The third kappa shape index (κ3) is 3.93. The summed E-state index contributed by atoms with van der Waals surface area (Å²) in [5.41, 5.74) is 0.746. The molecule has 168 valence electrons. The summed E-state index contributed by atoms with van der Waals surface area (Å²) < 4.78 is 0. The van der Waals surface area contributed by atoms with Crippen LogP contribution >= 0.6 is 0 Å². The predicted molar refractivity (Wildman–Crippen MR) is 109 cm³/mol. The number of amides is 5. The van der Waals surface area contributed by atoms with Gasteiger partial charge in [-0.2, -0.15) is 0 Å². The number of carbonyl (C=O) groups excluding carboxylic acids is 5. The zero-order chi connectivity index (χ0) is 23.0. The van der Waals surface area contributed by atoms with E-state index in [1.165, 1.54) is 12.1 Å². The molecule has 3 aliphatic heterocycles. The molecule has 1 aromatic rings. The number of piperidine rings is 2. The van der Waals surface area contributed by atoms with Crippen molar-refractivity contribution in [3.8, 4) is 0 Å². The second-order valence-corrected chi connectivity index (χ2v) is 8.05. The van der Waals surface area contributed by atoms with Gasteiger partial charge < -0.3 is 15.3 Å². The van der Waals surface area contributed by atoms with Gasteiger partial charge in [0.15, 0.2) is 0 Å². The molecule has 0 spiro atoms. The second kappa shape index (κ2) is 8.40. The summed E-state index contributed by atoms with van der Waals surface area (Å²) in [5.74, 6) is -3.80. The van der Waals surface area contributed by atoms with Crippen LogP contribution in [-0.4, -0.2) is 76.1 Å². The fraction of sp³-hybridized carbons (Fsp3) is 0.429. The Morgan fingerprint density at radius 2 is 1.72 bits per heavy atom. The number of carboxylic acid groups (broad SMARTS) is 1. The maximum absolute atomic E-state index is 12.8. The number of nitrogens with one attached hydrogen (secondary N) is 2. The van der Waals surface area contributed by atoms with E-state index in [9.17, 15) is 28.8 Å². The standard InChI is InChI=1S/C21H22N4O7/c26-16-4-3-15(18(28)23-16)25-19(29)13-2-1-12(9-14(13)20(25)30)22-10-17(27)24-7-5-11(6-8-24)21(31)32/h1-2,9,11,15,22H,3-8,10H2,(H,31,32)(H,23,26,28). The van der Waals surface area contributed by atoms with Crippen LogP contribution in [0.4, 0.5) is 5.69 Å². The number of anilines is 1. The van der Waals surface area contributed by atoms with Crippen LogP contribution in [0.5, 0.6) is 0 Å². The normalized spacial score (nSPS) is 21.4. The van der Waals surface area contributed by atoms with Crippen molar-refractivity contribution >= 4 is 41.2 Å². The van der Waals surface area contributed by atoms with Gasteiger partial charge in [0.25, 0.3) is 11.8 Å². The lowest BCUT2D eigenvalue weighted by Crippen LogP contribution is -2.54. The quantitative estimate of drug-likeness (QED) is 0.531. The Kier molecular flexibility index (Phi) is 5.64. The summed E-state index contributed by atoms with van der Waals surface area (Å²) in [7, 11) is 0. The third-order valence-corrected chi connectivity index (χ3v) is 6.08. The molecular weight excluding hydrogens is 420 g/mol. The SMILES string of the molecule is O=C1CCC(N2C(=O)c3ccc(NCC(=O)N4CCC(C(=O)O)CC4)cc3C2=O)C(=O)N1. The highest BCUT2D eigenvalue weighted by Crippen LogP contribution is 2.29. The number of imide groups is 2. The lowest BCUT2D eigenvalue weighted by molar-refractivity contribution is -0.145. The number of likely N-dealkylation sites (tertiary alicyclic amines) is 1. The van der Waals surface area contributed by atoms with Crippen molar-refractivity contribution < 1.29 is 33.9 Å². The molecule has 0 saturated carbocycles. The molecule has 0 aromatic heterocycles. The fourth-order valence-electron chi connectivity index (χ4n) is 4.25. The summed E-state index contributed by atoms with van der Waals surface area (Å²) in [6, 6.07) is 3.46. The Hall–Kier alpha value is -3.76. The second-order valence-electron chi connectivity index (χ2n) is 8.05. The van der Waals surface area contributed by atoms with Crippen molar-refractivity contribution in [1.82, 2.24) is 15.1 Å². The van der Waals surface area contributed by atoms with Crippen LogP contribution in [0.15, 0.2) is 18.2 Å². The molecule has 0 bridgehead atoms. The number of hydrogen-bond acceptors (Lipinski definition) is 7. The van der Waals surface area contributed by atoms with Crippen LogP contribution in [0.25, 0.3) is 0 Å². The number of carbonyl (C=O) groups is 6. The van der Waals surface area contributed by atoms with Crippen molar-refractivity contribution in [1.29, 1.82) is 0 Å². The Balaban J connectivity index is 1.40. The van der Waals surface area contributed by atoms with E-state index in [2.05, 4.69) is 10.6 Å². The summed E-state index contributed by atoms with van der Waals surface area (Å²) >= 11 is 0. The van der Waals surface area contributed by atoms with Crippen LogP contribution in [0.3, 0.4) is 0 Å². The molecule has 0 radical (unpaired) electrons. The minimum absolute atomic E-state index is 0.0441. The Bertz CT molecular complexity index is 1030. The predicted octanol–water partition coefficient (Wildman–Crippen LogP) is -0.177. The molecule has 1 unspecified atom stereocenters. The van der Waals surface area contributed by atoms with Crippen LogP contribution in [0, 0.1) is 5.92 Å². The molecule has 11 nitrogen and oxygen atoms in total. The number of nitrogens with zero attached hydrogens (tertiary/aromatic N) is 2. The van der Waals surface area contributed by atoms with Gasteiger partial charge in [-0.3, -0.25) is 39.0 Å². The summed E-state index contributed by atoms with van der Waals surface area (Å²) in [6.45, 7) is 0.695. The number of carboxylic acids is 1. The van der Waals surface area contributed by atoms with Crippen molar-refractivity contribution in [2.45, 2.75) is 31.7 Å². The Morgan fingerprint density at radius 1 is 1.03 bits per heavy atom. The molecule has 1 aromatic carbocycles. The average Bonchev–Trinajstić information content (AvgIpc) is 3.02. The van der Waals surface area contributed by atoms with E-state index in [-0.39, 0.29) is 36.4 Å². The highest BCUT2D eigenvalue weighted by molar-refractivity contribution is 6.23. The topological polar surface area (TPSA) is 153 Å². The monoisotopic (exact) mass is 442 g/mol. The maximum Gasteiger partial charge on any atom is 0.306 e. The number of benzene rings is 1. The van der Waals surface area contributed by atoms with Gasteiger partial charge in [-0.1, -0.05) is 0 Å². The van der Waals surface area contributed by atoms with Gasteiger partial charge in [0.05, 0.1) is 23.6 Å². The molecule has 4 rings (SSSR count). The van der Waals surface area contributed by atoms with E-state index >= 15 is 0 Å². The molecule has 2 fully saturated rings. The highest BCUT2D eigenvalue weighted by atomic mass is 16.4. The van der Waals surface area contributed by atoms with E-state index in [0.29, 0.717) is 31.6 Å².